The quantitative estimate of drug-likeness (QED) is 0.678. The van der Waals surface area contributed by atoms with Crippen LogP contribution in [0.2, 0.25) is 0 Å². The summed E-state index contributed by atoms with van der Waals surface area (Å²) in [5.74, 6) is -1.16. The maximum absolute atomic E-state index is 14.0. The standard InChI is InChI=1S/C21H18FN3O3/c1-25(16-6-4-3-5-7-16)19-11-9-15(13-23-19)20(26)24-18-12-14(21(27)28-2)8-10-17(18)22/h3-13H,1-2H3,(H,24,26). The molecule has 6 nitrogen and oxygen atoms in total. The van der Waals surface area contributed by atoms with Crippen LogP contribution in [-0.2, 0) is 4.74 Å². The van der Waals surface area contributed by atoms with Gasteiger partial charge in [-0.2, -0.15) is 0 Å². The smallest absolute Gasteiger partial charge is 0.337 e. The highest BCUT2D eigenvalue weighted by Crippen LogP contribution is 2.22. The molecule has 3 aromatic rings. The highest BCUT2D eigenvalue weighted by Gasteiger charge is 2.14. The molecule has 0 bridgehead atoms. The van der Waals surface area contributed by atoms with Gasteiger partial charge in [0, 0.05) is 18.9 Å². The molecule has 2 aromatic carbocycles. The van der Waals surface area contributed by atoms with E-state index in [0.29, 0.717) is 5.82 Å². The van der Waals surface area contributed by atoms with E-state index in [1.807, 2.05) is 42.3 Å². The Morgan fingerprint density at radius 2 is 1.75 bits per heavy atom. The van der Waals surface area contributed by atoms with Crippen LogP contribution in [0.4, 0.5) is 21.6 Å². The summed E-state index contributed by atoms with van der Waals surface area (Å²) >= 11 is 0. The molecule has 1 amide bonds. The number of halogens is 1. The summed E-state index contributed by atoms with van der Waals surface area (Å²) in [4.78, 5) is 30.2. The molecule has 0 unspecified atom stereocenters. The maximum Gasteiger partial charge on any atom is 0.337 e. The van der Waals surface area contributed by atoms with E-state index in [1.54, 1.807) is 12.1 Å². The number of carbonyl (C=O) groups excluding carboxylic acids is 2. The normalized spacial score (nSPS) is 10.2. The summed E-state index contributed by atoms with van der Waals surface area (Å²) in [6, 6.07) is 16.6. The predicted molar refractivity (Wildman–Crippen MR) is 104 cm³/mol. The highest BCUT2D eigenvalue weighted by molar-refractivity contribution is 6.04. The number of esters is 1. The third-order valence-corrected chi connectivity index (χ3v) is 4.13. The number of hydrogen-bond donors (Lipinski definition) is 1. The molecule has 142 valence electrons. The van der Waals surface area contributed by atoms with Gasteiger partial charge in [0.2, 0.25) is 0 Å². The van der Waals surface area contributed by atoms with Crippen molar-refractivity contribution in [2.24, 2.45) is 0 Å². The fourth-order valence-corrected chi connectivity index (χ4v) is 2.56. The molecule has 28 heavy (non-hydrogen) atoms. The van der Waals surface area contributed by atoms with Crippen LogP contribution in [-0.4, -0.2) is 31.0 Å². The Morgan fingerprint density at radius 1 is 1.04 bits per heavy atom. The third kappa shape index (κ3) is 4.15. The Kier molecular flexibility index (Phi) is 5.64. The Bertz CT molecular complexity index is 992. The van der Waals surface area contributed by atoms with Gasteiger partial charge in [-0.1, -0.05) is 18.2 Å². The zero-order valence-electron chi connectivity index (χ0n) is 15.3. The number of pyridine rings is 1. The van der Waals surface area contributed by atoms with Crippen molar-refractivity contribution < 1.29 is 18.7 Å². The van der Waals surface area contributed by atoms with Crippen LogP contribution in [0, 0.1) is 5.82 Å². The van der Waals surface area contributed by atoms with Gasteiger partial charge < -0.3 is 15.0 Å². The molecule has 0 fully saturated rings. The lowest BCUT2D eigenvalue weighted by Gasteiger charge is -2.18. The summed E-state index contributed by atoms with van der Waals surface area (Å²) in [6.07, 6.45) is 1.41. The number of para-hydroxylation sites is 1. The molecule has 0 aliphatic rings. The molecule has 1 heterocycles. The van der Waals surface area contributed by atoms with Crippen LogP contribution in [0.1, 0.15) is 20.7 Å². The molecular formula is C21H18FN3O3. The van der Waals surface area contributed by atoms with Crippen molar-refractivity contribution in [1.82, 2.24) is 4.98 Å². The Hall–Kier alpha value is -3.74. The lowest BCUT2D eigenvalue weighted by atomic mass is 10.2. The van der Waals surface area contributed by atoms with E-state index in [9.17, 15) is 14.0 Å². The van der Waals surface area contributed by atoms with E-state index in [0.717, 1.165) is 11.8 Å². The van der Waals surface area contributed by atoms with Crippen LogP contribution in [0.25, 0.3) is 0 Å². The second-order valence-corrected chi connectivity index (χ2v) is 5.94. The van der Waals surface area contributed by atoms with E-state index in [2.05, 4.69) is 15.0 Å². The fraction of sp³-hybridized carbons (Fsp3) is 0.0952. The van der Waals surface area contributed by atoms with Crippen molar-refractivity contribution in [3.63, 3.8) is 0 Å². The summed E-state index contributed by atoms with van der Waals surface area (Å²) in [5.41, 5.74) is 1.23. The van der Waals surface area contributed by atoms with Gasteiger partial charge in [0.15, 0.2) is 0 Å². The molecular weight excluding hydrogens is 361 g/mol. The number of benzene rings is 2. The fourth-order valence-electron chi connectivity index (χ4n) is 2.56. The number of hydrogen-bond acceptors (Lipinski definition) is 5. The van der Waals surface area contributed by atoms with Crippen molar-refractivity contribution in [2.45, 2.75) is 0 Å². The number of aromatic nitrogens is 1. The number of nitrogens with one attached hydrogen (secondary N) is 1. The summed E-state index contributed by atoms with van der Waals surface area (Å²) < 4.78 is 18.6. The Morgan fingerprint density at radius 3 is 2.39 bits per heavy atom. The van der Waals surface area contributed by atoms with E-state index in [1.165, 1.54) is 25.4 Å². The maximum atomic E-state index is 14.0. The molecule has 0 saturated carbocycles. The van der Waals surface area contributed by atoms with E-state index >= 15 is 0 Å². The first-order valence-electron chi connectivity index (χ1n) is 8.43. The Balaban J connectivity index is 1.76. The molecule has 0 radical (unpaired) electrons. The van der Waals surface area contributed by atoms with Gasteiger partial charge in [0.1, 0.15) is 11.6 Å². The Labute approximate surface area is 161 Å². The van der Waals surface area contributed by atoms with E-state index in [-0.39, 0.29) is 16.8 Å². The lowest BCUT2D eigenvalue weighted by molar-refractivity contribution is 0.0600. The number of carbonyl (C=O) groups is 2. The molecule has 7 heteroatoms. The minimum atomic E-state index is -0.658. The molecule has 0 spiro atoms. The molecule has 0 saturated heterocycles. The van der Waals surface area contributed by atoms with Gasteiger partial charge in [-0.05, 0) is 42.5 Å². The van der Waals surface area contributed by atoms with Gasteiger partial charge >= 0.3 is 5.97 Å². The van der Waals surface area contributed by atoms with Crippen LogP contribution >= 0.6 is 0 Å². The first-order valence-corrected chi connectivity index (χ1v) is 8.43. The van der Waals surface area contributed by atoms with Crippen LogP contribution in [0.5, 0.6) is 0 Å². The van der Waals surface area contributed by atoms with E-state index in [4.69, 9.17) is 0 Å². The number of amides is 1. The van der Waals surface area contributed by atoms with Gasteiger partial charge in [-0.25, -0.2) is 14.2 Å². The van der Waals surface area contributed by atoms with Crippen molar-refractivity contribution >= 4 is 29.1 Å². The summed E-state index contributed by atoms with van der Waals surface area (Å²) in [7, 11) is 3.09. The van der Waals surface area contributed by atoms with Gasteiger partial charge in [0.05, 0.1) is 23.9 Å². The minimum absolute atomic E-state index is 0.113. The molecule has 1 aromatic heterocycles. The minimum Gasteiger partial charge on any atom is -0.465 e. The SMILES string of the molecule is COC(=O)c1ccc(F)c(NC(=O)c2ccc(N(C)c3ccccc3)nc2)c1. The number of nitrogens with zero attached hydrogens (tertiary/aromatic N) is 2. The topological polar surface area (TPSA) is 71.5 Å². The third-order valence-electron chi connectivity index (χ3n) is 4.13. The summed E-state index contributed by atoms with van der Waals surface area (Å²) in [6.45, 7) is 0. The second kappa shape index (κ2) is 8.30. The molecule has 0 atom stereocenters. The van der Waals surface area contributed by atoms with Gasteiger partial charge in [-0.15, -0.1) is 0 Å². The lowest BCUT2D eigenvalue weighted by Crippen LogP contribution is -2.15. The number of rotatable bonds is 5. The molecule has 0 aliphatic heterocycles. The van der Waals surface area contributed by atoms with Crippen LogP contribution in [0.15, 0.2) is 66.9 Å². The van der Waals surface area contributed by atoms with Crippen molar-refractivity contribution in [1.29, 1.82) is 0 Å². The van der Waals surface area contributed by atoms with E-state index < -0.39 is 17.7 Å². The van der Waals surface area contributed by atoms with Crippen molar-refractivity contribution in [3.8, 4) is 0 Å². The highest BCUT2D eigenvalue weighted by atomic mass is 19.1. The monoisotopic (exact) mass is 379 g/mol. The van der Waals surface area contributed by atoms with Gasteiger partial charge in [0.25, 0.3) is 5.91 Å². The number of ether oxygens (including phenoxy) is 1. The van der Waals surface area contributed by atoms with Crippen LogP contribution < -0.4 is 10.2 Å². The average molecular weight is 379 g/mol. The molecule has 0 aliphatic carbocycles. The second-order valence-electron chi connectivity index (χ2n) is 5.94. The summed E-state index contributed by atoms with van der Waals surface area (Å²) in [5, 5.41) is 2.45. The van der Waals surface area contributed by atoms with Crippen LogP contribution in [0.3, 0.4) is 0 Å². The molecule has 3 rings (SSSR count). The zero-order valence-corrected chi connectivity index (χ0v) is 15.3. The zero-order chi connectivity index (χ0) is 20.1. The average Bonchev–Trinajstić information content (AvgIpc) is 2.74. The first-order chi connectivity index (χ1) is 13.5. The predicted octanol–water partition coefficient (Wildman–Crippen LogP) is 4.03. The van der Waals surface area contributed by atoms with Crippen molar-refractivity contribution in [2.75, 3.05) is 24.4 Å². The number of anilines is 3. The first kappa shape index (κ1) is 19.0. The molecule has 1 N–H and O–H groups in total. The van der Waals surface area contributed by atoms with Gasteiger partial charge in [-0.3, -0.25) is 4.79 Å². The number of methoxy groups -OCH3 is 1. The largest absolute Gasteiger partial charge is 0.465 e. The van der Waals surface area contributed by atoms with Crippen molar-refractivity contribution in [3.05, 3.63) is 83.8 Å².